The summed E-state index contributed by atoms with van der Waals surface area (Å²) < 4.78 is 0. The Morgan fingerprint density at radius 3 is 2.64 bits per heavy atom. The monoisotopic (exact) mass is 155 g/mol. The summed E-state index contributed by atoms with van der Waals surface area (Å²) in [4.78, 5) is 2.54. The van der Waals surface area contributed by atoms with Crippen LogP contribution in [0.4, 0.5) is 0 Å². The minimum absolute atomic E-state index is 0.731. The molecule has 0 spiro atoms. The second kappa shape index (κ2) is 4.73. The van der Waals surface area contributed by atoms with E-state index in [1.54, 1.807) is 0 Å². The zero-order chi connectivity index (χ0) is 8.10. The van der Waals surface area contributed by atoms with Gasteiger partial charge in [0.05, 0.1) is 0 Å². The van der Waals surface area contributed by atoms with Crippen molar-refractivity contribution in [2.45, 2.75) is 25.8 Å². The molecule has 65 valence electrons. The summed E-state index contributed by atoms with van der Waals surface area (Å²) in [5.41, 5.74) is 0. The van der Waals surface area contributed by atoms with Crippen LogP contribution in [0.25, 0.3) is 0 Å². The fourth-order valence-electron chi connectivity index (χ4n) is 1.60. The molecule has 1 fully saturated rings. The van der Waals surface area contributed by atoms with Gasteiger partial charge in [-0.2, -0.15) is 0 Å². The van der Waals surface area contributed by atoms with Crippen molar-refractivity contribution in [1.29, 1.82) is 0 Å². The quantitative estimate of drug-likeness (QED) is 0.651. The number of nitrogens with zero attached hydrogens (tertiary/aromatic N) is 1. The van der Waals surface area contributed by atoms with Gasteiger partial charge in [0, 0.05) is 32.2 Å². The first-order valence-corrected chi connectivity index (χ1v) is 4.58. The summed E-state index contributed by atoms with van der Waals surface area (Å²) in [6.45, 7) is 10.9. The third kappa shape index (κ3) is 2.80. The van der Waals surface area contributed by atoms with Crippen LogP contribution in [0.3, 0.4) is 0 Å². The van der Waals surface area contributed by atoms with Gasteiger partial charge in [0.15, 0.2) is 0 Å². The molecule has 1 radical (unpaired) electrons. The number of hydrogen-bond acceptors (Lipinski definition) is 2. The SMILES string of the molecule is [CH2]CCC(C)N1CCNCC1. The maximum Gasteiger partial charge on any atom is 0.0110 e. The molecular weight excluding hydrogens is 136 g/mol. The first kappa shape index (κ1) is 9.01. The lowest BCUT2D eigenvalue weighted by Crippen LogP contribution is -2.47. The molecule has 1 atom stereocenters. The highest BCUT2D eigenvalue weighted by Gasteiger charge is 2.14. The van der Waals surface area contributed by atoms with Crippen LogP contribution in [0.5, 0.6) is 0 Å². The molecule has 2 heteroatoms. The number of rotatable bonds is 3. The van der Waals surface area contributed by atoms with Gasteiger partial charge >= 0.3 is 0 Å². The Bertz CT molecular complexity index is 97.7. The second-order valence-corrected chi connectivity index (χ2v) is 3.28. The summed E-state index contributed by atoms with van der Waals surface area (Å²) >= 11 is 0. The van der Waals surface area contributed by atoms with E-state index in [4.69, 9.17) is 0 Å². The highest BCUT2D eigenvalue weighted by Crippen LogP contribution is 2.06. The Kier molecular flexibility index (Phi) is 3.87. The third-order valence-corrected chi connectivity index (χ3v) is 2.40. The maximum atomic E-state index is 3.88. The van der Waals surface area contributed by atoms with Crippen LogP contribution >= 0.6 is 0 Å². The molecule has 0 aromatic heterocycles. The summed E-state index contributed by atoms with van der Waals surface area (Å²) in [5, 5.41) is 3.35. The van der Waals surface area contributed by atoms with E-state index in [0.29, 0.717) is 0 Å². The van der Waals surface area contributed by atoms with Gasteiger partial charge in [-0.05, 0) is 13.3 Å². The van der Waals surface area contributed by atoms with E-state index in [0.717, 1.165) is 25.6 Å². The lowest BCUT2D eigenvalue weighted by molar-refractivity contribution is 0.177. The minimum atomic E-state index is 0.731. The molecular formula is C9H19N2. The Hall–Kier alpha value is -0.0800. The van der Waals surface area contributed by atoms with Crippen molar-refractivity contribution in [2.75, 3.05) is 26.2 Å². The highest BCUT2D eigenvalue weighted by molar-refractivity contribution is 4.73. The summed E-state index contributed by atoms with van der Waals surface area (Å²) in [7, 11) is 0. The summed E-state index contributed by atoms with van der Waals surface area (Å²) in [6.07, 6.45) is 2.30. The third-order valence-electron chi connectivity index (χ3n) is 2.40. The molecule has 1 unspecified atom stereocenters. The van der Waals surface area contributed by atoms with Crippen molar-refractivity contribution in [2.24, 2.45) is 0 Å². The van der Waals surface area contributed by atoms with E-state index >= 15 is 0 Å². The Morgan fingerprint density at radius 1 is 1.45 bits per heavy atom. The standard InChI is InChI=1S/C9H19N2/c1-3-4-9(2)11-7-5-10-6-8-11/h9-10H,1,3-8H2,2H3. The van der Waals surface area contributed by atoms with E-state index in [9.17, 15) is 0 Å². The largest absolute Gasteiger partial charge is 0.314 e. The molecule has 0 aromatic carbocycles. The topological polar surface area (TPSA) is 15.3 Å². The Morgan fingerprint density at radius 2 is 2.09 bits per heavy atom. The van der Waals surface area contributed by atoms with Gasteiger partial charge in [-0.1, -0.05) is 13.3 Å². The zero-order valence-electron chi connectivity index (χ0n) is 7.47. The van der Waals surface area contributed by atoms with E-state index < -0.39 is 0 Å². The molecule has 11 heavy (non-hydrogen) atoms. The van der Waals surface area contributed by atoms with Gasteiger partial charge in [-0.15, -0.1) is 0 Å². The van der Waals surface area contributed by atoms with Crippen LogP contribution < -0.4 is 5.32 Å². The van der Waals surface area contributed by atoms with Crippen LogP contribution in [0.15, 0.2) is 0 Å². The highest BCUT2D eigenvalue weighted by atomic mass is 15.2. The average molecular weight is 155 g/mol. The Labute approximate surface area is 70.0 Å². The van der Waals surface area contributed by atoms with Gasteiger partial charge in [0.1, 0.15) is 0 Å². The van der Waals surface area contributed by atoms with Crippen LogP contribution in [0.2, 0.25) is 0 Å². The number of nitrogens with one attached hydrogen (secondary N) is 1. The van der Waals surface area contributed by atoms with Crippen LogP contribution in [0, 0.1) is 6.92 Å². The van der Waals surface area contributed by atoms with Gasteiger partial charge in [-0.3, -0.25) is 4.90 Å². The fraction of sp³-hybridized carbons (Fsp3) is 0.889. The summed E-state index contributed by atoms with van der Waals surface area (Å²) in [6, 6.07) is 0.731. The normalized spacial score (nSPS) is 23.5. The first-order valence-electron chi connectivity index (χ1n) is 4.58. The second-order valence-electron chi connectivity index (χ2n) is 3.28. The molecule has 1 N–H and O–H groups in total. The summed E-state index contributed by atoms with van der Waals surface area (Å²) in [5.74, 6) is 0. The molecule has 0 saturated carbocycles. The van der Waals surface area contributed by atoms with Crippen molar-refractivity contribution in [3.8, 4) is 0 Å². The molecule has 2 nitrogen and oxygen atoms in total. The zero-order valence-corrected chi connectivity index (χ0v) is 7.47. The first-order chi connectivity index (χ1) is 5.34. The van der Waals surface area contributed by atoms with Gasteiger partial charge < -0.3 is 5.32 Å². The van der Waals surface area contributed by atoms with Crippen molar-refractivity contribution >= 4 is 0 Å². The molecule has 1 rings (SSSR count). The smallest absolute Gasteiger partial charge is 0.0110 e. The predicted molar refractivity (Wildman–Crippen MR) is 48.5 cm³/mol. The minimum Gasteiger partial charge on any atom is -0.314 e. The molecule has 0 aliphatic carbocycles. The molecule has 1 heterocycles. The Balaban J connectivity index is 2.21. The lowest BCUT2D eigenvalue weighted by atomic mass is 10.1. The molecule has 1 saturated heterocycles. The van der Waals surface area contributed by atoms with Gasteiger partial charge in [0.25, 0.3) is 0 Å². The lowest BCUT2D eigenvalue weighted by Gasteiger charge is -2.32. The predicted octanol–water partition coefficient (Wildman–Crippen LogP) is 0.894. The van der Waals surface area contributed by atoms with E-state index in [-0.39, 0.29) is 0 Å². The van der Waals surface area contributed by atoms with Crippen molar-refractivity contribution in [3.05, 3.63) is 6.92 Å². The van der Waals surface area contributed by atoms with Crippen LogP contribution in [-0.4, -0.2) is 37.1 Å². The van der Waals surface area contributed by atoms with Crippen molar-refractivity contribution in [3.63, 3.8) is 0 Å². The van der Waals surface area contributed by atoms with E-state index in [1.165, 1.54) is 19.5 Å². The van der Waals surface area contributed by atoms with E-state index in [2.05, 4.69) is 24.1 Å². The fourth-order valence-corrected chi connectivity index (χ4v) is 1.60. The molecule has 1 aliphatic heterocycles. The average Bonchev–Trinajstić information content (AvgIpc) is 2.07. The van der Waals surface area contributed by atoms with E-state index in [1.807, 2.05) is 0 Å². The number of piperazine rings is 1. The molecule has 0 aromatic rings. The number of hydrogen-bond donors (Lipinski definition) is 1. The van der Waals surface area contributed by atoms with Crippen LogP contribution in [0.1, 0.15) is 19.8 Å². The van der Waals surface area contributed by atoms with Crippen molar-refractivity contribution in [1.82, 2.24) is 10.2 Å². The molecule has 1 aliphatic rings. The van der Waals surface area contributed by atoms with Crippen molar-refractivity contribution < 1.29 is 0 Å². The van der Waals surface area contributed by atoms with Gasteiger partial charge in [-0.25, -0.2) is 0 Å². The maximum absolute atomic E-state index is 3.88. The van der Waals surface area contributed by atoms with Crippen LogP contribution in [-0.2, 0) is 0 Å². The molecule has 0 amide bonds. The van der Waals surface area contributed by atoms with Gasteiger partial charge in [0.2, 0.25) is 0 Å². The molecule has 0 bridgehead atoms.